The SMILES string of the molecule is [B]c1c(C)ccc(O)c1C. The van der Waals surface area contributed by atoms with Crippen LogP contribution in [0.1, 0.15) is 11.1 Å². The molecule has 0 saturated heterocycles. The Bertz CT molecular complexity index is 229. The van der Waals surface area contributed by atoms with Crippen LogP contribution in [-0.2, 0) is 0 Å². The van der Waals surface area contributed by atoms with Crippen LogP contribution in [-0.4, -0.2) is 13.0 Å². The molecule has 0 amide bonds. The van der Waals surface area contributed by atoms with Crippen molar-refractivity contribution >= 4 is 13.3 Å². The van der Waals surface area contributed by atoms with Gasteiger partial charge in [0.05, 0.1) is 0 Å². The van der Waals surface area contributed by atoms with E-state index in [4.69, 9.17) is 13.0 Å². The van der Waals surface area contributed by atoms with E-state index in [0.29, 0.717) is 5.46 Å². The van der Waals surface area contributed by atoms with E-state index in [9.17, 15) is 0 Å². The van der Waals surface area contributed by atoms with Crippen molar-refractivity contribution in [3.05, 3.63) is 23.3 Å². The van der Waals surface area contributed by atoms with Crippen LogP contribution in [0, 0.1) is 13.8 Å². The molecule has 1 N–H and O–H groups in total. The lowest BCUT2D eigenvalue weighted by Crippen LogP contribution is -2.10. The topological polar surface area (TPSA) is 20.2 Å². The maximum Gasteiger partial charge on any atom is 0.117 e. The average molecular weight is 132 g/mol. The lowest BCUT2D eigenvalue weighted by Gasteiger charge is -2.05. The van der Waals surface area contributed by atoms with E-state index >= 15 is 0 Å². The molecule has 0 aliphatic carbocycles. The second-order valence-corrected chi connectivity index (χ2v) is 2.44. The second kappa shape index (κ2) is 2.37. The number of aryl methyl sites for hydroxylation is 1. The summed E-state index contributed by atoms with van der Waals surface area (Å²) < 4.78 is 0. The highest BCUT2D eigenvalue weighted by molar-refractivity contribution is 6.34. The van der Waals surface area contributed by atoms with E-state index in [1.807, 2.05) is 6.92 Å². The molecule has 0 aromatic heterocycles. The molecule has 0 unspecified atom stereocenters. The molecule has 1 rings (SSSR count). The third kappa shape index (κ3) is 1.01. The fraction of sp³-hybridized carbons (Fsp3) is 0.250. The van der Waals surface area contributed by atoms with Crippen LogP contribution in [0.25, 0.3) is 0 Å². The van der Waals surface area contributed by atoms with Crippen LogP contribution in [0.4, 0.5) is 0 Å². The normalized spacial score (nSPS) is 9.80. The van der Waals surface area contributed by atoms with Crippen LogP contribution in [0.2, 0.25) is 0 Å². The highest BCUT2D eigenvalue weighted by atomic mass is 16.3. The molecule has 2 heteroatoms. The Morgan fingerprint density at radius 3 is 2.40 bits per heavy atom. The summed E-state index contributed by atoms with van der Waals surface area (Å²) in [5, 5.41) is 9.14. The summed E-state index contributed by atoms with van der Waals surface area (Å²) in [4.78, 5) is 0. The zero-order chi connectivity index (χ0) is 7.72. The van der Waals surface area contributed by atoms with Gasteiger partial charge in [-0.2, -0.15) is 0 Å². The minimum atomic E-state index is 0.267. The van der Waals surface area contributed by atoms with Crippen molar-refractivity contribution in [1.29, 1.82) is 0 Å². The second-order valence-electron chi connectivity index (χ2n) is 2.44. The van der Waals surface area contributed by atoms with E-state index in [-0.39, 0.29) is 5.75 Å². The molecular formula is C8H9BO. The van der Waals surface area contributed by atoms with Gasteiger partial charge in [-0.15, -0.1) is 0 Å². The van der Waals surface area contributed by atoms with Crippen molar-refractivity contribution < 1.29 is 5.11 Å². The lowest BCUT2D eigenvalue weighted by molar-refractivity contribution is 0.471. The Hall–Kier alpha value is -0.915. The minimum Gasteiger partial charge on any atom is -0.508 e. The van der Waals surface area contributed by atoms with Gasteiger partial charge in [-0.1, -0.05) is 17.1 Å². The maximum atomic E-state index is 9.14. The summed E-state index contributed by atoms with van der Waals surface area (Å²) in [7, 11) is 5.62. The molecule has 0 fully saturated rings. The largest absolute Gasteiger partial charge is 0.508 e. The smallest absolute Gasteiger partial charge is 0.117 e. The van der Waals surface area contributed by atoms with Gasteiger partial charge in [-0.05, 0) is 25.5 Å². The standard InChI is InChI=1S/C8H9BO/c1-5-3-4-7(10)6(2)8(5)9/h3-4,10H,1-2H3. The molecule has 10 heavy (non-hydrogen) atoms. The van der Waals surface area contributed by atoms with Crippen molar-refractivity contribution in [1.82, 2.24) is 0 Å². The zero-order valence-corrected chi connectivity index (χ0v) is 6.18. The Morgan fingerprint density at radius 1 is 1.30 bits per heavy atom. The van der Waals surface area contributed by atoms with Crippen molar-refractivity contribution in [2.45, 2.75) is 13.8 Å². The fourth-order valence-corrected chi connectivity index (χ4v) is 0.852. The molecule has 2 radical (unpaired) electrons. The number of benzene rings is 1. The van der Waals surface area contributed by atoms with Gasteiger partial charge in [0.2, 0.25) is 0 Å². The molecule has 0 heterocycles. The quantitative estimate of drug-likeness (QED) is 0.517. The minimum absolute atomic E-state index is 0.267. The van der Waals surface area contributed by atoms with Gasteiger partial charge >= 0.3 is 0 Å². The zero-order valence-electron chi connectivity index (χ0n) is 6.18. The van der Waals surface area contributed by atoms with Crippen LogP contribution >= 0.6 is 0 Å². The molecule has 1 aromatic rings. The first-order valence-electron chi connectivity index (χ1n) is 3.17. The summed E-state index contributed by atoms with van der Waals surface area (Å²) in [6.07, 6.45) is 0. The van der Waals surface area contributed by atoms with Gasteiger partial charge in [-0.3, -0.25) is 0 Å². The predicted octanol–water partition coefficient (Wildman–Crippen LogP) is 0.803. The first-order chi connectivity index (χ1) is 4.63. The van der Waals surface area contributed by atoms with E-state index in [1.165, 1.54) is 0 Å². The highest BCUT2D eigenvalue weighted by Crippen LogP contribution is 2.12. The molecule has 1 aromatic carbocycles. The molecule has 0 bridgehead atoms. The van der Waals surface area contributed by atoms with Gasteiger partial charge in [0.15, 0.2) is 0 Å². The van der Waals surface area contributed by atoms with Crippen LogP contribution in [0.5, 0.6) is 5.75 Å². The van der Waals surface area contributed by atoms with Gasteiger partial charge < -0.3 is 5.11 Å². The first kappa shape index (κ1) is 7.20. The Labute approximate surface area is 62.1 Å². The van der Waals surface area contributed by atoms with Crippen LogP contribution in [0.15, 0.2) is 12.1 Å². The summed E-state index contributed by atoms with van der Waals surface area (Å²) in [5.74, 6) is 0.267. The molecule has 0 spiro atoms. The van der Waals surface area contributed by atoms with Crippen LogP contribution < -0.4 is 5.46 Å². The summed E-state index contributed by atoms with van der Waals surface area (Å²) in [6.45, 7) is 3.72. The van der Waals surface area contributed by atoms with Gasteiger partial charge in [0.25, 0.3) is 0 Å². The van der Waals surface area contributed by atoms with E-state index in [2.05, 4.69) is 0 Å². The Balaban J connectivity index is 3.34. The third-order valence-corrected chi connectivity index (χ3v) is 1.70. The van der Waals surface area contributed by atoms with Crippen LogP contribution in [0.3, 0.4) is 0 Å². The average Bonchev–Trinajstić information content (AvgIpc) is 1.93. The third-order valence-electron chi connectivity index (χ3n) is 1.70. The highest BCUT2D eigenvalue weighted by Gasteiger charge is 1.99. The maximum absolute atomic E-state index is 9.14. The molecule has 0 saturated carbocycles. The number of phenolic OH excluding ortho intramolecular Hbond substituents is 1. The molecule has 1 nitrogen and oxygen atoms in total. The van der Waals surface area contributed by atoms with Crippen molar-refractivity contribution in [3.8, 4) is 5.75 Å². The molecule has 0 aliphatic heterocycles. The van der Waals surface area contributed by atoms with Crippen molar-refractivity contribution in [2.75, 3.05) is 0 Å². The number of rotatable bonds is 0. The molecule has 0 atom stereocenters. The molecular weight excluding hydrogens is 123 g/mol. The number of hydrogen-bond acceptors (Lipinski definition) is 1. The van der Waals surface area contributed by atoms with Gasteiger partial charge in [0.1, 0.15) is 13.6 Å². The molecule has 50 valence electrons. The Morgan fingerprint density at radius 2 is 1.90 bits per heavy atom. The predicted molar refractivity (Wildman–Crippen MR) is 43.0 cm³/mol. The van der Waals surface area contributed by atoms with E-state index in [1.54, 1.807) is 19.1 Å². The van der Waals surface area contributed by atoms with Gasteiger partial charge in [0, 0.05) is 0 Å². The number of hydrogen-bond donors (Lipinski definition) is 1. The van der Waals surface area contributed by atoms with E-state index in [0.717, 1.165) is 11.1 Å². The fourth-order valence-electron chi connectivity index (χ4n) is 0.852. The summed E-state index contributed by atoms with van der Waals surface area (Å²) >= 11 is 0. The van der Waals surface area contributed by atoms with Crippen molar-refractivity contribution in [2.24, 2.45) is 0 Å². The van der Waals surface area contributed by atoms with E-state index < -0.39 is 0 Å². The number of phenols is 1. The van der Waals surface area contributed by atoms with Gasteiger partial charge in [-0.25, -0.2) is 0 Å². The first-order valence-corrected chi connectivity index (χ1v) is 3.17. The summed E-state index contributed by atoms with van der Waals surface area (Å²) in [6, 6.07) is 3.46. The lowest BCUT2D eigenvalue weighted by atomic mass is 9.86. The number of aromatic hydroxyl groups is 1. The summed E-state index contributed by atoms with van der Waals surface area (Å²) in [5.41, 5.74) is 2.45. The van der Waals surface area contributed by atoms with Crippen molar-refractivity contribution in [3.63, 3.8) is 0 Å². The Kier molecular flexibility index (Phi) is 1.71. The monoisotopic (exact) mass is 132 g/mol. The molecule has 0 aliphatic rings.